The molecule has 0 radical (unpaired) electrons. The second kappa shape index (κ2) is 4.69. The maximum absolute atomic E-state index is 8.94. The standard InChI is InChI=1S/C5H14N2O2/c1-3-7(9)5(2)4-6-8/h5-6,8-9H,3-4H2,1-2H3. The zero-order valence-corrected chi connectivity index (χ0v) is 5.83. The lowest BCUT2D eigenvalue weighted by Crippen LogP contribution is -2.37. The molecule has 0 bridgehead atoms. The molecule has 0 aliphatic carbocycles. The third-order valence-corrected chi connectivity index (χ3v) is 1.22. The van der Waals surface area contributed by atoms with Crippen molar-refractivity contribution in [3.63, 3.8) is 0 Å². The minimum atomic E-state index is -0.0417. The molecule has 4 nitrogen and oxygen atoms in total. The van der Waals surface area contributed by atoms with Crippen LogP contribution in [-0.4, -0.2) is 34.6 Å². The fourth-order valence-electron chi connectivity index (χ4n) is 0.549. The minimum absolute atomic E-state index is 0.0417. The van der Waals surface area contributed by atoms with Crippen LogP contribution in [0.4, 0.5) is 0 Å². The Labute approximate surface area is 55.0 Å². The maximum atomic E-state index is 8.94. The second-order valence-electron chi connectivity index (χ2n) is 1.97. The van der Waals surface area contributed by atoms with E-state index >= 15 is 0 Å². The van der Waals surface area contributed by atoms with E-state index in [9.17, 15) is 0 Å². The number of hydrogen-bond acceptors (Lipinski definition) is 4. The van der Waals surface area contributed by atoms with Gasteiger partial charge in [-0.2, -0.15) is 5.06 Å². The number of hydrogen-bond donors (Lipinski definition) is 3. The summed E-state index contributed by atoms with van der Waals surface area (Å²) in [5.74, 6) is 0. The average molecular weight is 134 g/mol. The molecule has 0 fully saturated rings. The van der Waals surface area contributed by atoms with Crippen molar-refractivity contribution in [1.29, 1.82) is 0 Å². The summed E-state index contributed by atoms with van der Waals surface area (Å²) < 4.78 is 0. The predicted octanol–water partition coefficient (Wildman–Crippen LogP) is 0.0648. The Morgan fingerprint density at radius 1 is 1.67 bits per heavy atom. The van der Waals surface area contributed by atoms with Crippen molar-refractivity contribution in [3.05, 3.63) is 0 Å². The Morgan fingerprint density at radius 2 is 2.22 bits per heavy atom. The van der Waals surface area contributed by atoms with E-state index in [0.29, 0.717) is 13.1 Å². The van der Waals surface area contributed by atoms with Gasteiger partial charge in [-0.3, -0.25) is 0 Å². The average Bonchev–Trinajstić information content (AvgIpc) is 1.87. The van der Waals surface area contributed by atoms with Crippen molar-refractivity contribution in [1.82, 2.24) is 10.5 Å². The summed E-state index contributed by atoms with van der Waals surface area (Å²) >= 11 is 0. The summed E-state index contributed by atoms with van der Waals surface area (Å²) in [7, 11) is 0. The highest BCUT2D eigenvalue weighted by Crippen LogP contribution is 1.90. The van der Waals surface area contributed by atoms with Gasteiger partial charge in [-0.1, -0.05) is 6.92 Å². The molecule has 1 unspecified atom stereocenters. The third kappa shape index (κ3) is 3.42. The Hall–Kier alpha value is -0.160. The van der Waals surface area contributed by atoms with Gasteiger partial charge in [0.2, 0.25) is 0 Å². The molecule has 56 valence electrons. The Balaban J connectivity index is 3.32. The van der Waals surface area contributed by atoms with E-state index in [1.807, 2.05) is 19.3 Å². The van der Waals surface area contributed by atoms with E-state index in [2.05, 4.69) is 0 Å². The zero-order valence-electron chi connectivity index (χ0n) is 5.83. The molecule has 0 spiro atoms. The van der Waals surface area contributed by atoms with Crippen molar-refractivity contribution in [2.24, 2.45) is 0 Å². The molecule has 0 saturated heterocycles. The highest BCUT2D eigenvalue weighted by atomic mass is 16.5. The first-order chi connectivity index (χ1) is 4.22. The molecule has 0 aromatic carbocycles. The molecular formula is C5H14N2O2. The highest BCUT2D eigenvalue weighted by Gasteiger charge is 2.06. The highest BCUT2D eigenvalue weighted by molar-refractivity contribution is 4.56. The third-order valence-electron chi connectivity index (χ3n) is 1.22. The number of nitrogens with one attached hydrogen (secondary N) is 1. The predicted molar refractivity (Wildman–Crippen MR) is 33.4 cm³/mol. The maximum Gasteiger partial charge on any atom is 0.0469 e. The second-order valence-corrected chi connectivity index (χ2v) is 1.97. The summed E-state index contributed by atoms with van der Waals surface area (Å²) in [5, 5.41) is 18.3. The molecule has 3 N–H and O–H groups in total. The molecule has 1 atom stereocenters. The fraction of sp³-hybridized carbons (Fsp3) is 1.00. The summed E-state index contributed by atoms with van der Waals surface area (Å²) in [5.41, 5.74) is 1.98. The van der Waals surface area contributed by atoms with E-state index in [4.69, 9.17) is 10.4 Å². The van der Waals surface area contributed by atoms with Gasteiger partial charge in [-0.15, -0.1) is 0 Å². The lowest BCUT2D eigenvalue weighted by molar-refractivity contribution is -0.121. The van der Waals surface area contributed by atoms with Gasteiger partial charge in [0.05, 0.1) is 0 Å². The molecule has 9 heavy (non-hydrogen) atoms. The topological polar surface area (TPSA) is 55.7 Å². The smallest absolute Gasteiger partial charge is 0.0469 e. The van der Waals surface area contributed by atoms with E-state index in [-0.39, 0.29) is 6.04 Å². The number of hydroxylamine groups is 3. The van der Waals surface area contributed by atoms with Crippen LogP contribution >= 0.6 is 0 Å². The number of likely N-dealkylation sites (N-methyl/N-ethyl adjacent to an activating group) is 1. The molecule has 4 heteroatoms. The molecule has 0 heterocycles. The van der Waals surface area contributed by atoms with Gasteiger partial charge < -0.3 is 10.4 Å². The first-order valence-electron chi connectivity index (χ1n) is 3.04. The Kier molecular flexibility index (Phi) is 4.61. The number of rotatable bonds is 4. The molecule has 0 amide bonds. The van der Waals surface area contributed by atoms with Crippen molar-refractivity contribution < 1.29 is 10.4 Å². The SMILES string of the molecule is CCN(O)C(C)CNO. The van der Waals surface area contributed by atoms with Gasteiger partial charge in [0.1, 0.15) is 0 Å². The van der Waals surface area contributed by atoms with Gasteiger partial charge in [-0.05, 0) is 6.92 Å². The molecule has 0 aromatic rings. The fourth-order valence-corrected chi connectivity index (χ4v) is 0.549. The summed E-state index contributed by atoms with van der Waals surface area (Å²) in [4.78, 5) is 0. The van der Waals surface area contributed by atoms with E-state index in [1.165, 1.54) is 0 Å². The Bertz CT molecular complexity index is 70.0. The normalized spacial score (nSPS) is 14.3. The summed E-state index contributed by atoms with van der Waals surface area (Å²) in [6.45, 7) is 4.60. The Morgan fingerprint density at radius 3 is 2.56 bits per heavy atom. The summed E-state index contributed by atoms with van der Waals surface area (Å²) in [6.07, 6.45) is 0. The van der Waals surface area contributed by atoms with Crippen LogP contribution in [0.25, 0.3) is 0 Å². The lowest BCUT2D eigenvalue weighted by Gasteiger charge is -2.19. The molecule has 0 aliphatic rings. The monoisotopic (exact) mass is 134 g/mol. The van der Waals surface area contributed by atoms with Crippen LogP contribution in [0.3, 0.4) is 0 Å². The summed E-state index contributed by atoms with van der Waals surface area (Å²) in [6, 6.07) is -0.0417. The molecule has 0 aliphatic heterocycles. The van der Waals surface area contributed by atoms with Crippen LogP contribution in [0, 0.1) is 0 Å². The van der Waals surface area contributed by atoms with Crippen LogP contribution in [0.5, 0.6) is 0 Å². The van der Waals surface area contributed by atoms with Crippen molar-refractivity contribution in [3.8, 4) is 0 Å². The first kappa shape index (κ1) is 8.84. The molecule has 0 saturated carbocycles. The largest absolute Gasteiger partial charge is 0.317 e. The molecule has 0 aromatic heterocycles. The van der Waals surface area contributed by atoms with Crippen molar-refractivity contribution in [2.45, 2.75) is 19.9 Å². The van der Waals surface area contributed by atoms with Gasteiger partial charge >= 0.3 is 0 Å². The van der Waals surface area contributed by atoms with Crippen LogP contribution < -0.4 is 5.48 Å². The van der Waals surface area contributed by atoms with Crippen molar-refractivity contribution in [2.75, 3.05) is 13.1 Å². The van der Waals surface area contributed by atoms with Gasteiger partial charge in [0.15, 0.2) is 0 Å². The van der Waals surface area contributed by atoms with Crippen LogP contribution in [0.1, 0.15) is 13.8 Å². The van der Waals surface area contributed by atoms with Gasteiger partial charge in [0.25, 0.3) is 0 Å². The van der Waals surface area contributed by atoms with E-state index < -0.39 is 0 Å². The van der Waals surface area contributed by atoms with Crippen LogP contribution in [0.2, 0.25) is 0 Å². The van der Waals surface area contributed by atoms with E-state index in [0.717, 1.165) is 5.06 Å². The zero-order chi connectivity index (χ0) is 7.28. The van der Waals surface area contributed by atoms with Crippen LogP contribution in [-0.2, 0) is 0 Å². The van der Waals surface area contributed by atoms with Crippen molar-refractivity contribution >= 4 is 0 Å². The molecular weight excluding hydrogens is 120 g/mol. The number of nitrogens with zero attached hydrogens (tertiary/aromatic N) is 1. The minimum Gasteiger partial charge on any atom is -0.317 e. The lowest BCUT2D eigenvalue weighted by atomic mass is 10.3. The van der Waals surface area contributed by atoms with Crippen LogP contribution in [0.15, 0.2) is 0 Å². The molecule has 0 rings (SSSR count). The van der Waals surface area contributed by atoms with Gasteiger partial charge in [-0.25, -0.2) is 5.48 Å². The van der Waals surface area contributed by atoms with E-state index in [1.54, 1.807) is 0 Å². The first-order valence-corrected chi connectivity index (χ1v) is 3.04. The van der Waals surface area contributed by atoms with Gasteiger partial charge in [0, 0.05) is 19.1 Å². The quantitative estimate of drug-likeness (QED) is 0.476.